The van der Waals surface area contributed by atoms with Gasteiger partial charge in [0.2, 0.25) is 21.9 Å². The molecule has 166 valence electrons. The van der Waals surface area contributed by atoms with E-state index < -0.39 is 10.0 Å². The van der Waals surface area contributed by atoms with Crippen molar-refractivity contribution in [1.29, 1.82) is 0 Å². The third kappa shape index (κ3) is 8.45. The molecule has 1 heterocycles. The van der Waals surface area contributed by atoms with E-state index in [4.69, 9.17) is 0 Å². The molecule has 1 aromatic heterocycles. The molecular formula is C20H31N5O3S2. The Morgan fingerprint density at radius 1 is 1.10 bits per heavy atom. The predicted octanol–water partition coefficient (Wildman–Crippen LogP) is 3.70. The molecule has 1 aromatic carbocycles. The van der Waals surface area contributed by atoms with Crippen LogP contribution in [-0.4, -0.2) is 47.4 Å². The molecule has 8 nitrogen and oxygen atoms in total. The van der Waals surface area contributed by atoms with Gasteiger partial charge in [0.1, 0.15) is 0 Å². The molecule has 0 radical (unpaired) electrons. The summed E-state index contributed by atoms with van der Waals surface area (Å²) in [7, 11) is -3.54. The summed E-state index contributed by atoms with van der Waals surface area (Å²) in [5.41, 5.74) is 1.16. The van der Waals surface area contributed by atoms with E-state index in [1.165, 1.54) is 11.8 Å². The lowest BCUT2D eigenvalue weighted by Gasteiger charge is -2.20. The van der Waals surface area contributed by atoms with Crippen molar-refractivity contribution in [3.05, 3.63) is 35.9 Å². The van der Waals surface area contributed by atoms with Gasteiger partial charge in [-0.1, -0.05) is 69.3 Å². The average Bonchev–Trinajstić information content (AvgIpc) is 2.66. The number of anilines is 2. The Morgan fingerprint density at radius 3 is 2.33 bits per heavy atom. The molecule has 1 unspecified atom stereocenters. The van der Waals surface area contributed by atoms with Crippen LogP contribution in [0.3, 0.4) is 0 Å². The molecule has 30 heavy (non-hydrogen) atoms. The van der Waals surface area contributed by atoms with Crippen molar-refractivity contribution >= 4 is 33.7 Å². The van der Waals surface area contributed by atoms with Crippen molar-refractivity contribution in [2.45, 2.75) is 56.5 Å². The maximum atomic E-state index is 11.7. The largest absolute Gasteiger partial charge is 0.394 e. The minimum absolute atomic E-state index is 0.0398. The lowest BCUT2D eigenvalue weighted by atomic mass is 10.0. The smallest absolute Gasteiger partial charge is 0.242 e. The van der Waals surface area contributed by atoms with Gasteiger partial charge in [-0.3, -0.25) is 4.72 Å². The highest BCUT2D eigenvalue weighted by molar-refractivity contribution is 7.99. The minimum atomic E-state index is -3.54. The van der Waals surface area contributed by atoms with E-state index in [-0.39, 0.29) is 29.8 Å². The minimum Gasteiger partial charge on any atom is -0.394 e. The zero-order chi connectivity index (χ0) is 22.1. The predicted molar refractivity (Wildman–Crippen MR) is 122 cm³/mol. The van der Waals surface area contributed by atoms with Crippen LogP contribution in [0.5, 0.6) is 0 Å². The van der Waals surface area contributed by atoms with E-state index in [0.717, 1.165) is 31.1 Å². The van der Waals surface area contributed by atoms with E-state index in [1.54, 1.807) is 0 Å². The van der Waals surface area contributed by atoms with Gasteiger partial charge in [-0.05, 0) is 24.3 Å². The van der Waals surface area contributed by atoms with Gasteiger partial charge in [0, 0.05) is 5.25 Å². The monoisotopic (exact) mass is 453 g/mol. The molecule has 0 aliphatic rings. The van der Waals surface area contributed by atoms with Crippen LogP contribution < -0.4 is 10.0 Å². The second-order valence-electron chi connectivity index (χ2n) is 7.60. The molecule has 3 N–H and O–H groups in total. The summed E-state index contributed by atoms with van der Waals surface area (Å²) >= 11 is 1.47. The van der Waals surface area contributed by atoms with Gasteiger partial charge in [0.15, 0.2) is 5.16 Å². The zero-order valence-electron chi connectivity index (χ0n) is 17.9. The van der Waals surface area contributed by atoms with Crippen LogP contribution in [0.15, 0.2) is 35.5 Å². The second kappa shape index (κ2) is 11.5. The molecule has 0 fully saturated rings. The molecule has 2 aromatic rings. The highest BCUT2D eigenvalue weighted by atomic mass is 32.2. The molecule has 0 saturated carbocycles. The van der Waals surface area contributed by atoms with Crippen molar-refractivity contribution in [2.24, 2.45) is 5.92 Å². The Bertz CT molecular complexity index is 895. The van der Waals surface area contributed by atoms with Crippen molar-refractivity contribution in [2.75, 3.05) is 22.9 Å². The van der Waals surface area contributed by atoms with Gasteiger partial charge >= 0.3 is 0 Å². The van der Waals surface area contributed by atoms with E-state index in [2.05, 4.69) is 57.9 Å². The Hall–Kier alpha value is -1.91. The number of nitrogens with zero attached hydrogens (tertiary/aromatic N) is 3. The molecule has 0 spiro atoms. The number of thioether (sulfide) groups is 1. The molecule has 0 amide bonds. The second-order valence-corrected chi connectivity index (χ2v) is 10.5. The maximum absolute atomic E-state index is 11.7. The van der Waals surface area contributed by atoms with Crippen LogP contribution in [-0.2, 0) is 10.0 Å². The third-order valence-electron chi connectivity index (χ3n) is 4.17. The van der Waals surface area contributed by atoms with Crippen LogP contribution in [0.2, 0.25) is 0 Å². The number of aromatic nitrogens is 3. The number of benzene rings is 1. The van der Waals surface area contributed by atoms with E-state index in [9.17, 15) is 13.5 Å². The fraction of sp³-hybridized carbons (Fsp3) is 0.550. The Morgan fingerprint density at radius 2 is 1.77 bits per heavy atom. The number of sulfonamides is 1. The molecule has 0 aliphatic heterocycles. The number of rotatable bonds is 12. The summed E-state index contributed by atoms with van der Waals surface area (Å²) in [5.74, 6) is 0.565. The van der Waals surface area contributed by atoms with Crippen LogP contribution in [0.25, 0.3) is 0 Å². The number of aliphatic hydroxyl groups is 1. The SMILES string of the molecule is CCCC(Sc1nc(N[C@@H](CO)CC(C)C)nc(NS(C)(=O)=O)n1)c1ccccc1. The summed E-state index contributed by atoms with van der Waals surface area (Å²) < 4.78 is 25.8. The quantitative estimate of drug-likeness (QED) is 0.417. The number of nitrogens with one attached hydrogen (secondary N) is 2. The van der Waals surface area contributed by atoms with E-state index >= 15 is 0 Å². The number of aliphatic hydroxyl groups excluding tert-OH is 1. The highest BCUT2D eigenvalue weighted by Gasteiger charge is 2.19. The van der Waals surface area contributed by atoms with Gasteiger partial charge in [-0.25, -0.2) is 8.42 Å². The number of hydrogen-bond donors (Lipinski definition) is 3. The third-order valence-corrected chi connectivity index (χ3v) is 5.91. The Balaban J connectivity index is 2.35. The molecule has 0 bridgehead atoms. The van der Waals surface area contributed by atoms with Gasteiger partial charge in [0.25, 0.3) is 0 Å². The molecule has 2 atom stereocenters. The van der Waals surface area contributed by atoms with Crippen LogP contribution in [0, 0.1) is 5.92 Å². The van der Waals surface area contributed by atoms with Crippen molar-refractivity contribution < 1.29 is 13.5 Å². The molecule has 10 heteroatoms. The van der Waals surface area contributed by atoms with Crippen LogP contribution >= 0.6 is 11.8 Å². The first-order chi connectivity index (χ1) is 14.2. The van der Waals surface area contributed by atoms with E-state index in [0.29, 0.717) is 11.1 Å². The molecule has 2 rings (SSSR count). The van der Waals surface area contributed by atoms with Gasteiger partial charge in [0.05, 0.1) is 18.9 Å². The average molecular weight is 454 g/mol. The topological polar surface area (TPSA) is 117 Å². The van der Waals surface area contributed by atoms with Gasteiger partial charge in [-0.15, -0.1) is 0 Å². The molecule has 0 aliphatic carbocycles. The summed E-state index contributed by atoms with van der Waals surface area (Å²) in [5, 5.41) is 13.3. The Labute approximate surface area is 183 Å². The standard InChI is InChI=1S/C20H31N5O3S2/c1-5-9-17(15-10-7-6-8-11-15)29-20-23-18(21-16(13-26)12-14(2)3)22-19(24-20)25-30(4,27)28/h6-8,10-11,14,16-17,26H,5,9,12-13H2,1-4H3,(H2,21,22,23,24,25)/t16-,17?/m1/s1. The van der Waals surface area contributed by atoms with Gasteiger partial charge in [-0.2, -0.15) is 15.0 Å². The van der Waals surface area contributed by atoms with Crippen LogP contribution in [0.4, 0.5) is 11.9 Å². The van der Waals surface area contributed by atoms with Crippen molar-refractivity contribution in [3.63, 3.8) is 0 Å². The summed E-state index contributed by atoms with van der Waals surface area (Å²) in [4.78, 5) is 13.0. The zero-order valence-corrected chi connectivity index (χ0v) is 19.5. The highest BCUT2D eigenvalue weighted by Crippen LogP contribution is 2.37. The lowest BCUT2D eigenvalue weighted by Crippen LogP contribution is -2.27. The maximum Gasteiger partial charge on any atom is 0.242 e. The summed E-state index contributed by atoms with van der Waals surface area (Å²) in [6.07, 6.45) is 3.68. The van der Waals surface area contributed by atoms with E-state index in [1.807, 2.05) is 18.2 Å². The fourth-order valence-corrected chi connectivity index (χ4v) is 4.57. The first-order valence-electron chi connectivity index (χ1n) is 10.0. The first-order valence-corrected chi connectivity index (χ1v) is 12.8. The first kappa shape index (κ1) is 24.4. The normalized spacial score (nSPS) is 13.8. The summed E-state index contributed by atoms with van der Waals surface area (Å²) in [6.45, 7) is 6.16. The number of hydrogen-bond acceptors (Lipinski definition) is 8. The van der Waals surface area contributed by atoms with Gasteiger partial charge < -0.3 is 10.4 Å². The fourth-order valence-electron chi connectivity index (χ4n) is 2.97. The summed E-state index contributed by atoms with van der Waals surface area (Å²) in [6, 6.07) is 9.85. The van der Waals surface area contributed by atoms with Crippen molar-refractivity contribution in [3.8, 4) is 0 Å². The molecule has 0 saturated heterocycles. The molecular weight excluding hydrogens is 422 g/mol. The Kier molecular flexibility index (Phi) is 9.32. The van der Waals surface area contributed by atoms with Crippen LogP contribution in [0.1, 0.15) is 50.8 Å². The lowest BCUT2D eigenvalue weighted by molar-refractivity contribution is 0.259. The van der Waals surface area contributed by atoms with Crippen molar-refractivity contribution in [1.82, 2.24) is 15.0 Å².